The maximum atomic E-state index is 12.0. The summed E-state index contributed by atoms with van der Waals surface area (Å²) in [6.45, 7) is 0. The predicted molar refractivity (Wildman–Crippen MR) is 81.2 cm³/mol. The van der Waals surface area contributed by atoms with Crippen LogP contribution in [0.2, 0.25) is 0 Å². The average Bonchev–Trinajstić information content (AvgIpc) is 2.55. The van der Waals surface area contributed by atoms with E-state index in [9.17, 15) is 4.79 Å². The summed E-state index contributed by atoms with van der Waals surface area (Å²) in [4.78, 5) is 12.0. The highest BCUT2D eigenvalue weighted by molar-refractivity contribution is 5.94. The molecule has 5 nitrogen and oxygen atoms in total. The monoisotopic (exact) mass is 288 g/mol. The molecule has 5 heteroatoms. The van der Waals surface area contributed by atoms with Crippen molar-refractivity contribution in [3.05, 3.63) is 47.7 Å². The van der Waals surface area contributed by atoms with Crippen molar-refractivity contribution in [1.29, 1.82) is 0 Å². The van der Waals surface area contributed by atoms with Crippen molar-refractivity contribution in [2.24, 2.45) is 0 Å². The Balaban J connectivity index is 1.95. The van der Waals surface area contributed by atoms with Gasteiger partial charge in [-0.2, -0.15) is 0 Å². The van der Waals surface area contributed by atoms with Crippen molar-refractivity contribution in [2.45, 2.75) is 19.3 Å². The fourth-order valence-electron chi connectivity index (χ4n) is 2.11. The lowest BCUT2D eigenvalue weighted by Gasteiger charge is -2.11. The molecule has 1 aliphatic carbocycles. The molecule has 1 aliphatic rings. The van der Waals surface area contributed by atoms with E-state index in [2.05, 4.69) is 23.0 Å². The van der Waals surface area contributed by atoms with Crippen LogP contribution in [0.4, 0.5) is 0 Å². The molecule has 0 saturated heterocycles. The Morgan fingerprint density at radius 1 is 1.19 bits per heavy atom. The Bertz CT molecular complexity index is 565. The van der Waals surface area contributed by atoms with Gasteiger partial charge in [0, 0.05) is 11.8 Å². The summed E-state index contributed by atoms with van der Waals surface area (Å²) in [5.41, 5.74) is 7.27. The van der Waals surface area contributed by atoms with Crippen LogP contribution >= 0.6 is 0 Å². The average molecular weight is 288 g/mol. The molecule has 2 N–H and O–H groups in total. The molecule has 0 atom stereocenters. The highest BCUT2D eigenvalue weighted by Crippen LogP contribution is 2.27. The first-order valence-corrected chi connectivity index (χ1v) is 6.85. The zero-order chi connectivity index (χ0) is 15.1. The van der Waals surface area contributed by atoms with Crippen LogP contribution in [0.5, 0.6) is 11.5 Å². The molecule has 1 amide bonds. The first-order chi connectivity index (χ1) is 10.2. The number of rotatable bonds is 5. The summed E-state index contributed by atoms with van der Waals surface area (Å²) in [6, 6.07) is 5.04. The zero-order valence-electron chi connectivity index (χ0n) is 12.3. The smallest absolute Gasteiger partial charge is 0.269 e. The largest absolute Gasteiger partial charge is 0.493 e. The molecule has 0 radical (unpaired) electrons. The summed E-state index contributed by atoms with van der Waals surface area (Å²) in [7, 11) is 3.10. The summed E-state index contributed by atoms with van der Waals surface area (Å²) < 4.78 is 10.3. The normalized spacial score (nSPS) is 15.6. The maximum absolute atomic E-state index is 12.0. The lowest BCUT2D eigenvalue weighted by molar-refractivity contribution is 0.0940. The number of allylic oxidation sites excluding steroid dienone is 3. The number of benzene rings is 1. The van der Waals surface area contributed by atoms with Crippen LogP contribution in [-0.4, -0.2) is 20.1 Å². The first-order valence-electron chi connectivity index (χ1n) is 6.85. The molecule has 0 unspecified atom stereocenters. The van der Waals surface area contributed by atoms with Crippen LogP contribution < -0.4 is 20.3 Å². The van der Waals surface area contributed by atoms with E-state index >= 15 is 0 Å². The van der Waals surface area contributed by atoms with Crippen molar-refractivity contribution in [1.82, 2.24) is 10.9 Å². The molecular weight excluding hydrogens is 268 g/mol. The lowest BCUT2D eigenvalue weighted by atomic mass is 10.0. The Morgan fingerprint density at radius 2 is 2.00 bits per heavy atom. The van der Waals surface area contributed by atoms with Crippen molar-refractivity contribution >= 4 is 5.91 Å². The SMILES string of the molecule is COc1ccc(C(=O)NN/C=C2\CC=CCC2)cc1OC. The van der Waals surface area contributed by atoms with Crippen LogP contribution in [0, 0.1) is 0 Å². The molecule has 21 heavy (non-hydrogen) atoms. The molecule has 1 aromatic rings. The number of hydrazine groups is 1. The van der Waals surface area contributed by atoms with Crippen molar-refractivity contribution in [2.75, 3.05) is 14.2 Å². The number of amides is 1. The first kappa shape index (κ1) is 15.0. The second-order valence-electron chi connectivity index (χ2n) is 4.69. The zero-order valence-corrected chi connectivity index (χ0v) is 12.3. The number of hydrogen-bond donors (Lipinski definition) is 2. The van der Waals surface area contributed by atoms with Gasteiger partial charge in [-0.05, 0) is 43.0 Å². The summed E-state index contributed by atoms with van der Waals surface area (Å²) in [5.74, 6) is 0.901. The molecule has 1 aromatic carbocycles. The summed E-state index contributed by atoms with van der Waals surface area (Å²) in [5, 5.41) is 0. The van der Waals surface area contributed by atoms with Gasteiger partial charge in [0.1, 0.15) is 0 Å². The van der Waals surface area contributed by atoms with Gasteiger partial charge in [0.2, 0.25) is 0 Å². The van der Waals surface area contributed by atoms with Gasteiger partial charge in [0.05, 0.1) is 14.2 Å². The molecule has 0 bridgehead atoms. The molecule has 0 saturated carbocycles. The molecule has 0 spiro atoms. The Kier molecular flexibility index (Phi) is 5.26. The van der Waals surface area contributed by atoms with Crippen LogP contribution in [0.1, 0.15) is 29.6 Å². The third kappa shape index (κ3) is 4.02. The van der Waals surface area contributed by atoms with Crippen LogP contribution in [0.15, 0.2) is 42.1 Å². The number of methoxy groups -OCH3 is 2. The fourth-order valence-corrected chi connectivity index (χ4v) is 2.11. The molecule has 112 valence electrons. The second-order valence-corrected chi connectivity index (χ2v) is 4.69. The lowest BCUT2D eigenvalue weighted by Crippen LogP contribution is -2.33. The van der Waals surface area contributed by atoms with Gasteiger partial charge in [0.15, 0.2) is 11.5 Å². The van der Waals surface area contributed by atoms with Crippen molar-refractivity contribution in [3.63, 3.8) is 0 Å². The number of carbonyl (C=O) groups excluding carboxylic acids is 1. The van der Waals surface area contributed by atoms with Crippen molar-refractivity contribution in [3.8, 4) is 11.5 Å². The van der Waals surface area contributed by atoms with E-state index in [1.165, 1.54) is 5.57 Å². The van der Waals surface area contributed by atoms with Gasteiger partial charge in [-0.3, -0.25) is 10.2 Å². The molecule has 0 aliphatic heterocycles. The minimum Gasteiger partial charge on any atom is -0.493 e. The fraction of sp³-hybridized carbons (Fsp3) is 0.312. The predicted octanol–water partition coefficient (Wildman–Crippen LogP) is 2.56. The highest BCUT2D eigenvalue weighted by atomic mass is 16.5. The third-order valence-corrected chi connectivity index (χ3v) is 3.29. The molecule has 0 fully saturated rings. The van der Waals surface area contributed by atoms with Gasteiger partial charge in [-0.15, -0.1) is 0 Å². The van der Waals surface area contributed by atoms with E-state index in [-0.39, 0.29) is 5.91 Å². The van der Waals surface area contributed by atoms with Gasteiger partial charge in [0.25, 0.3) is 5.91 Å². The number of ether oxygens (including phenoxy) is 2. The van der Waals surface area contributed by atoms with Gasteiger partial charge in [-0.1, -0.05) is 12.2 Å². The molecular formula is C16H20N2O3. The molecule has 0 heterocycles. The van der Waals surface area contributed by atoms with E-state index in [0.717, 1.165) is 19.3 Å². The highest BCUT2D eigenvalue weighted by Gasteiger charge is 2.10. The van der Waals surface area contributed by atoms with Crippen LogP contribution in [-0.2, 0) is 0 Å². The van der Waals surface area contributed by atoms with Gasteiger partial charge >= 0.3 is 0 Å². The number of nitrogens with one attached hydrogen (secondary N) is 2. The quantitative estimate of drug-likeness (QED) is 0.646. The molecule has 2 rings (SSSR count). The Morgan fingerprint density at radius 3 is 2.67 bits per heavy atom. The van der Waals surface area contributed by atoms with Gasteiger partial charge < -0.3 is 14.9 Å². The number of carbonyl (C=O) groups is 1. The summed E-state index contributed by atoms with van der Waals surface area (Å²) >= 11 is 0. The van der Waals surface area contributed by atoms with Crippen molar-refractivity contribution < 1.29 is 14.3 Å². The molecule has 0 aromatic heterocycles. The van der Waals surface area contributed by atoms with E-state index < -0.39 is 0 Å². The summed E-state index contributed by atoms with van der Waals surface area (Å²) in [6.07, 6.45) is 9.15. The second kappa shape index (κ2) is 7.38. The standard InChI is InChI=1S/C16H20N2O3/c1-20-14-9-8-13(10-15(14)21-2)16(19)18-17-11-12-6-4-3-5-7-12/h3-4,8-11,17H,5-7H2,1-2H3,(H,18,19)/b12-11+. The van der Waals surface area contributed by atoms with Crippen LogP contribution in [0.25, 0.3) is 0 Å². The Labute approximate surface area is 124 Å². The number of hydrogen-bond acceptors (Lipinski definition) is 4. The third-order valence-electron chi connectivity index (χ3n) is 3.29. The topological polar surface area (TPSA) is 59.6 Å². The van der Waals surface area contributed by atoms with E-state index in [1.54, 1.807) is 32.4 Å². The Hall–Kier alpha value is -2.43. The van der Waals surface area contributed by atoms with E-state index in [4.69, 9.17) is 9.47 Å². The maximum Gasteiger partial charge on any atom is 0.269 e. The minimum absolute atomic E-state index is 0.223. The van der Waals surface area contributed by atoms with Gasteiger partial charge in [-0.25, -0.2) is 0 Å². The van der Waals surface area contributed by atoms with E-state index in [0.29, 0.717) is 17.1 Å². The van der Waals surface area contributed by atoms with E-state index in [1.807, 2.05) is 6.20 Å². The minimum atomic E-state index is -0.223. The van der Waals surface area contributed by atoms with Crippen LogP contribution in [0.3, 0.4) is 0 Å².